The molecule has 0 spiro atoms. The van der Waals surface area contributed by atoms with Gasteiger partial charge in [-0.1, -0.05) is 24.3 Å². The van der Waals surface area contributed by atoms with Crippen LogP contribution in [0.1, 0.15) is 11.1 Å². The summed E-state index contributed by atoms with van der Waals surface area (Å²) in [5.74, 6) is 1.59. The van der Waals surface area contributed by atoms with Crippen molar-refractivity contribution in [2.45, 2.75) is 6.61 Å². The number of nitrogens with one attached hydrogen (secondary N) is 1. The maximum Gasteiger partial charge on any atom is 0.123 e. The molecular weight excluding hydrogens is 240 g/mol. The van der Waals surface area contributed by atoms with Gasteiger partial charge in [0.25, 0.3) is 0 Å². The third-order valence-electron chi connectivity index (χ3n) is 2.76. The second-order valence-corrected chi connectivity index (χ2v) is 4.04. The number of hydrogen-bond donors (Lipinski definition) is 2. The van der Waals surface area contributed by atoms with E-state index in [2.05, 4.69) is 0 Å². The van der Waals surface area contributed by atoms with Crippen molar-refractivity contribution < 1.29 is 9.47 Å². The molecule has 19 heavy (non-hydrogen) atoms. The Kier molecular flexibility index (Phi) is 4.03. The van der Waals surface area contributed by atoms with E-state index in [0.717, 1.165) is 17.1 Å². The van der Waals surface area contributed by atoms with Crippen LogP contribution in [0.3, 0.4) is 0 Å². The van der Waals surface area contributed by atoms with Gasteiger partial charge >= 0.3 is 0 Å². The lowest BCUT2D eigenvalue weighted by Crippen LogP contribution is -2.14. The Morgan fingerprint density at radius 2 is 1.68 bits per heavy atom. The van der Waals surface area contributed by atoms with Crippen molar-refractivity contribution in [3.8, 4) is 11.5 Å². The Morgan fingerprint density at radius 1 is 1.05 bits per heavy atom. The molecule has 0 saturated carbocycles. The summed E-state index contributed by atoms with van der Waals surface area (Å²) in [4.78, 5) is 0. The van der Waals surface area contributed by atoms with Crippen molar-refractivity contribution in [3.05, 3.63) is 59.7 Å². The van der Waals surface area contributed by atoms with Crippen molar-refractivity contribution in [1.82, 2.24) is 0 Å². The van der Waals surface area contributed by atoms with Gasteiger partial charge in [0.2, 0.25) is 0 Å². The van der Waals surface area contributed by atoms with Crippen LogP contribution in [0.2, 0.25) is 0 Å². The van der Waals surface area contributed by atoms with Gasteiger partial charge in [0, 0.05) is 11.1 Å². The Hall–Kier alpha value is -2.49. The number of nitrogen functional groups attached to an aromatic ring is 1. The standard InChI is InChI=1S/C15H16N2O2/c1-18-12-6-8-13(9-7-12)19-10-11-4-2-3-5-14(11)15(16)17/h2-9H,10H2,1H3,(H3,16,17). The van der Waals surface area contributed by atoms with Crippen molar-refractivity contribution in [2.75, 3.05) is 7.11 Å². The first-order valence-corrected chi connectivity index (χ1v) is 5.90. The van der Waals surface area contributed by atoms with Crippen LogP contribution in [0, 0.1) is 5.41 Å². The number of rotatable bonds is 5. The van der Waals surface area contributed by atoms with Crippen LogP contribution in [0.15, 0.2) is 48.5 Å². The van der Waals surface area contributed by atoms with Crippen LogP contribution in [-0.2, 0) is 6.61 Å². The molecule has 2 aromatic rings. The van der Waals surface area contributed by atoms with Crippen LogP contribution in [-0.4, -0.2) is 12.9 Å². The average Bonchev–Trinajstić information content (AvgIpc) is 2.46. The topological polar surface area (TPSA) is 68.3 Å². The average molecular weight is 256 g/mol. The fourth-order valence-electron chi connectivity index (χ4n) is 1.74. The molecule has 0 aliphatic carbocycles. The van der Waals surface area contributed by atoms with E-state index in [9.17, 15) is 0 Å². The molecule has 4 heteroatoms. The highest BCUT2D eigenvalue weighted by molar-refractivity contribution is 5.96. The third-order valence-corrected chi connectivity index (χ3v) is 2.76. The number of nitrogens with two attached hydrogens (primary N) is 1. The number of benzene rings is 2. The molecule has 0 atom stereocenters. The Balaban J connectivity index is 2.07. The molecule has 0 fully saturated rings. The van der Waals surface area contributed by atoms with Gasteiger partial charge in [0.15, 0.2) is 0 Å². The first-order chi connectivity index (χ1) is 9.20. The molecule has 0 aliphatic heterocycles. The highest BCUT2D eigenvalue weighted by Crippen LogP contribution is 2.19. The quantitative estimate of drug-likeness (QED) is 0.638. The van der Waals surface area contributed by atoms with Crippen LogP contribution >= 0.6 is 0 Å². The van der Waals surface area contributed by atoms with E-state index < -0.39 is 0 Å². The summed E-state index contributed by atoms with van der Waals surface area (Å²) in [5.41, 5.74) is 7.13. The second-order valence-electron chi connectivity index (χ2n) is 4.04. The molecular formula is C15H16N2O2. The molecule has 2 aromatic carbocycles. The van der Waals surface area contributed by atoms with E-state index in [4.69, 9.17) is 20.6 Å². The van der Waals surface area contributed by atoms with E-state index in [-0.39, 0.29) is 5.84 Å². The minimum atomic E-state index is 0.0499. The molecule has 0 aromatic heterocycles. The highest BCUT2D eigenvalue weighted by atomic mass is 16.5. The fraction of sp³-hybridized carbons (Fsp3) is 0.133. The zero-order valence-corrected chi connectivity index (χ0v) is 10.7. The van der Waals surface area contributed by atoms with Crippen LogP contribution in [0.25, 0.3) is 0 Å². The molecule has 0 heterocycles. The van der Waals surface area contributed by atoms with Crippen LogP contribution in [0.5, 0.6) is 11.5 Å². The van der Waals surface area contributed by atoms with Crippen molar-refractivity contribution in [1.29, 1.82) is 5.41 Å². The van der Waals surface area contributed by atoms with E-state index in [1.807, 2.05) is 48.5 Å². The zero-order chi connectivity index (χ0) is 13.7. The Labute approximate surface area is 112 Å². The van der Waals surface area contributed by atoms with Crippen molar-refractivity contribution >= 4 is 5.84 Å². The molecule has 4 nitrogen and oxygen atoms in total. The normalized spacial score (nSPS) is 9.95. The molecule has 0 amide bonds. The smallest absolute Gasteiger partial charge is 0.123 e. The largest absolute Gasteiger partial charge is 0.497 e. The monoisotopic (exact) mass is 256 g/mol. The zero-order valence-electron chi connectivity index (χ0n) is 10.7. The second kappa shape index (κ2) is 5.91. The Morgan fingerprint density at radius 3 is 2.32 bits per heavy atom. The summed E-state index contributed by atoms with van der Waals surface area (Å²) in [5, 5.41) is 7.52. The lowest BCUT2D eigenvalue weighted by atomic mass is 10.1. The van der Waals surface area contributed by atoms with E-state index in [0.29, 0.717) is 12.2 Å². The molecule has 3 N–H and O–H groups in total. The van der Waals surface area contributed by atoms with E-state index in [1.165, 1.54) is 0 Å². The number of hydrogen-bond acceptors (Lipinski definition) is 3. The fourth-order valence-corrected chi connectivity index (χ4v) is 1.74. The van der Waals surface area contributed by atoms with Gasteiger partial charge in [-0.05, 0) is 24.3 Å². The van der Waals surface area contributed by atoms with Crippen molar-refractivity contribution in [2.24, 2.45) is 5.73 Å². The lowest BCUT2D eigenvalue weighted by molar-refractivity contribution is 0.305. The predicted molar refractivity (Wildman–Crippen MR) is 74.8 cm³/mol. The molecule has 0 bridgehead atoms. The third kappa shape index (κ3) is 3.25. The van der Waals surface area contributed by atoms with Gasteiger partial charge in [-0.2, -0.15) is 0 Å². The van der Waals surface area contributed by atoms with E-state index >= 15 is 0 Å². The number of amidine groups is 1. The Bertz CT molecular complexity index is 565. The SMILES string of the molecule is COc1ccc(OCc2ccccc2C(=N)N)cc1. The van der Waals surface area contributed by atoms with Crippen molar-refractivity contribution in [3.63, 3.8) is 0 Å². The summed E-state index contributed by atoms with van der Waals surface area (Å²) in [6.07, 6.45) is 0. The lowest BCUT2D eigenvalue weighted by Gasteiger charge is -2.10. The molecule has 0 radical (unpaired) electrons. The van der Waals surface area contributed by atoms with Gasteiger partial charge < -0.3 is 15.2 Å². The summed E-state index contributed by atoms with van der Waals surface area (Å²) in [6.45, 7) is 0.377. The predicted octanol–water partition coefficient (Wildman–Crippen LogP) is 2.56. The van der Waals surface area contributed by atoms with E-state index in [1.54, 1.807) is 7.11 Å². The maximum absolute atomic E-state index is 7.52. The van der Waals surface area contributed by atoms with Crippen LogP contribution in [0.4, 0.5) is 0 Å². The highest BCUT2D eigenvalue weighted by Gasteiger charge is 2.05. The molecule has 0 unspecified atom stereocenters. The van der Waals surface area contributed by atoms with Gasteiger partial charge in [-0.15, -0.1) is 0 Å². The summed E-state index contributed by atoms with van der Waals surface area (Å²) in [6, 6.07) is 14.8. The first-order valence-electron chi connectivity index (χ1n) is 5.90. The summed E-state index contributed by atoms with van der Waals surface area (Å²) < 4.78 is 10.8. The van der Waals surface area contributed by atoms with Gasteiger partial charge in [0.1, 0.15) is 23.9 Å². The molecule has 98 valence electrons. The maximum atomic E-state index is 7.52. The molecule has 0 aliphatic rings. The van der Waals surface area contributed by atoms with Gasteiger partial charge in [-0.3, -0.25) is 5.41 Å². The number of methoxy groups -OCH3 is 1. The minimum absolute atomic E-state index is 0.0499. The minimum Gasteiger partial charge on any atom is -0.497 e. The summed E-state index contributed by atoms with van der Waals surface area (Å²) >= 11 is 0. The van der Waals surface area contributed by atoms with Gasteiger partial charge in [-0.25, -0.2) is 0 Å². The summed E-state index contributed by atoms with van der Waals surface area (Å²) in [7, 11) is 1.62. The van der Waals surface area contributed by atoms with Crippen LogP contribution < -0.4 is 15.2 Å². The van der Waals surface area contributed by atoms with Gasteiger partial charge in [0.05, 0.1) is 7.11 Å². The molecule has 2 rings (SSSR count). The first kappa shape index (κ1) is 13.0. The molecule has 0 saturated heterocycles. The number of ether oxygens (including phenoxy) is 2.